The van der Waals surface area contributed by atoms with Gasteiger partial charge in [-0.3, -0.25) is 9.20 Å². The van der Waals surface area contributed by atoms with Gasteiger partial charge >= 0.3 is 0 Å². The van der Waals surface area contributed by atoms with Crippen molar-refractivity contribution in [3.63, 3.8) is 0 Å². The number of aromatic nitrogens is 3. The third-order valence-electron chi connectivity index (χ3n) is 5.64. The maximum absolute atomic E-state index is 12.6. The third kappa shape index (κ3) is 3.52. The van der Waals surface area contributed by atoms with Gasteiger partial charge in [0.05, 0.1) is 5.56 Å². The molecule has 0 saturated carbocycles. The van der Waals surface area contributed by atoms with Crippen molar-refractivity contribution in [3.8, 4) is 0 Å². The van der Waals surface area contributed by atoms with Gasteiger partial charge in [-0.25, -0.2) is 0 Å². The Bertz CT molecular complexity index is 728. The minimum atomic E-state index is -0.0451. The summed E-state index contributed by atoms with van der Waals surface area (Å²) in [5.74, 6) is -0.0451. The van der Waals surface area contributed by atoms with Crippen molar-refractivity contribution in [3.05, 3.63) is 30.2 Å². The van der Waals surface area contributed by atoms with E-state index in [2.05, 4.69) is 32.4 Å². The molecule has 2 aromatic heterocycles. The molecule has 7 nitrogen and oxygen atoms in total. The van der Waals surface area contributed by atoms with Gasteiger partial charge in [0.1, 0.15) is 6.33 Å². The van der Waals surface area contributed by atoms with E-state index in [4.69, 9.17) is 0 Å². The molecule has 2 aromatic rings. The maximum atomic E-state index is 12.6. The highest BCUT2D eigenvalue weighted by atomic mass is 16.1. The average molecular weight is 342 g/mol. The fraction of sp³-hybridized carbons (Fsp3) is 0.611. The Morgan fingerprint density at radius 3 is 2.68 bits per heavy atom. The highest BCUT2D eigenvalue weighted by molar-refractivity contribution is 5.99. The molecule has 0 atom stereocenters. The molecule has 4 heterocycles. The van der Waals surface area contributed by atoms with Crippen molar-refractivity contribution in [1.82, 2.24) is 29.7 Å². The van der Waals surface area contributed by atoms with Crippen LogP contribution < -0.4 is 5.32 Å². The molecule has 134 valence electrons. The maximum Gasteiger partial charge on any atom is 0.255 e. The Morgan fingerprint density at radius 1 is 1.16 bits per heavy atom. The second-order valence-electron chi connectivity index (χ2n) is 7.30. The predicted molar refractivity (Wildman–Crippen MR) is 95.6 cm³/mol. The molecule has 0 aromatic carbocycles. The van der Waals surface area contributed by atoms with Gasteiger partial charge in [0.2, 0.25) is 0 Å². The van der Waals surface area contributed by atoms with Gasteiger partial charge in [-0.1, -0.05) is 0 Å². The standard InChI is InChI=1S/C18H26N6O/c1-22-9-6-15(7-10-22)23-11-4-14(5-12-23)20-18(25)16-3-2-8-24-13-19-21-17(16)24/h2-3,8,13-15H,4-7,9-12H2,1H3,(H,20,25). The molecular weight excluding hydrogens is 316 g/mol. The molecule has 0 radical (unpaired) electrons. The SMILES string of the molecule is CN1CCC(N2CCC(NC(=O)c3cccn4cnnc34)CC2)CC1. The van der Waals surface area contributed by atoms with Gasteiger partial charge in [-0.05, 0) is 58.0 Å². The molecule has 25 heavy (non-hydrogen) atoms. The first-order chi connectivity index (χ1) is 12.2. The summed E-state index contributed by atoms with van der Waals surface area (Å²) < 4.78 is 1.78. The first kappa shape index (κ1) is 16.5. The number of nitrogens with zero attached hydrogens (tertiary/aromatic N) is 5. The fourth-order valence-corrected chi connectivity index (χ4v) is 4.06. The number of nitrogens with one attached hydrogen (secondary N) is 1. The molecule has 0 bridgehead atoms. The van der Waals surface area contributed by atoms with E-state index >= 15 is 0 Å². The lowest BCUT2D eigenvalue weighted by Gasteiger charge is -2.41. The van der Waals surface area contributed by atoms with E-state index in [1.54, 1.807) is 10.7 Å². The predicted octanol–water partition coefficient (Wildman–Crippen LogP) is 1.02. The Hall–Kier alpha value is -1.99. The molecule has 1 amide bonds. The summed E-state index contributed by atoms with van der Waals surface area (Å²) in [5.41, 5.74) is 1.21. The van der Waals surface area contributed by atoms with E-state index in [0.717, 1.165) is 32.0 Å². The summed E-state index contributed by atoms with van der Waals surface area (Å²) in [6, 6.07) is 4.64. The normalized spacial score (nSPS) is 21.6. The summed E-state index contributed by atoms with van der Waals surface area (Å²) in [6.07, 6.45) is 8.05. The zero-order chi connectivity index (χ0) is 17.2. The van der Waals surface area contributed by atoms with E-state index in [1.807, 2.05) is 18.3 Å². The molecule has 0 spiro atoms. The Labute approximate surface area is 148 Å². The van der Waals surface area contributed by atoms with Crippen LogP contribution in [0.3, 0.4) is 0 Å². The molecule has 2 aliphatic heterocycles. The van der Waals surface area contributed by atoms with Crippen LogP contribution in [-0.4, -0.2) is 75.6 Å². The van der Waals surface area contributed by atoms with E-state index in [-0.39, 0.29) is 11.9 Å². The van der Waals surface area contributed by atoms with Crippen LogP contribution >= 0.6 is 0 Å². The van der Waals surface area contributed by atoms with Crippen molar-refractivity contribution >= 4 is 11.6 Å². The minimum Gasteiger partial charge on any atom is -0.349 e. The van der Waals surface area contributed by atoms with Crippen LogP contribution in [0.2, 0.25) is 0 Å². The molecule has 2 fully saturated rings. The van der Waals surface area contributed by atoms with Crippen LogP contribution in [0, 0.1) is 0 Å². The Morgan fingerprint density at radius 2 is 1.92 bits per heavy atom. The largest absolute Gasteiger partial charge is 0.349 e. The second-order valence-corrected chi connectivity index (χ2v) is 7.30. The van der Waals surface area contributed by atoms with E-state index in [9.17, 15) is 4.79 Å². The van der Waals surface area contributed by atoms with E-state index in [1.165, 1.54) is 25.9 Å². The van der Waals surface area contributed by atoms with Crippen molar-refractivity contribution in [1.29, 1.82) is 0 Å². The lowest BCUT2D eigenvalue weighted by Crippen LogP contribution is -2.50. The summed E-state index contributed by atoms with van der Waals surface area (Å²) >= 11 is 0. The highest BCUT2D eigenvalue weighted by Crippen LogP contribution is 2.21. The zero-order valence-electron chi connectivity index (χ0n) is 14.8. The van der Waals surface area contributed by atoms with Crippen molar-refractivity contribution in [2.24, 2.45) is 0 Å². The van der Waals surface area contributed by atoms with Gasteiger partial charge in [-0.2, -0.15) is 0 Å². The lowest BCUT2D eigenvalue weighted by atomic mass is 9.98. The molecule has 7 heteroatoms. The van der Waals surface area contributed by atoms with Gasteiger partial charge in [0.25, 0.3) is 5.91 Å². The number of rotatable bonds is 3. The van der Waals surface area contributed by atoms with Crippen LogP contribution in [0.5, 0.6) is 0 Å². The van der Waals surface area contributed by atoms with Crippen molar-refractivity contribution in [2.45, 2.75) is 37.8 Å². The van der Waals surface area contributed by atoms with E-state index in [0.29, 0.717) is 11.2 Å². The van der Waals surface area contributed by atoms with Gasteiger partial charge in [-0.15, -0.1) is 10.2 Å². The first-order valence-corrected chi connectivity index (χ1v) is 9.22. The molecule has 2 aliphatic rings. The summed E-state index contributed by atoms with van der Waals surface area (Å²) in [4.78, 5) is 17.7. The Kier molecular flexibility index (Phi) is 4.67. The number of fused-ring (bicyclic) bond motifs is 1. The zero-order valence-corrected chi connectivity index (χ0v) is 14.8. The lowest BCUT2D eigenvalue weighted by molar-refractivity contribution is 0.0808. The van der Waals surface area contributed by atoms with Crippen LogP contribution in [0.25, 0.3) is 5.65 Å². The fourth-order valence-electron chi connectivity index (χ4n) is 4.06. The van der Waals surface area contributed by atoms with Gasteiger partial charge in [0.15, 0.2) is 5.65 Å². The molecule has 4 rings (SSSR count). The number of amides is 1. The average Bonchev–Trinajstić information content (AvgIpc) is 3.12. The topological polar surface area (TPSA) is 65.8 Å². The van der Waals surface area contributed by atoms with Crippen LogP contribution in [-0.2, 0) is 0 Å². The molecule has 0 aliphatic carbocycles. The van der Waals surface area contributed by atoms with Gasteiger partial charge in [0, 0.05) is 31.4 Å². The molecule has 0 unspecified atom stereocenters. The molecule has 1 N–H and O–H groups in total. The molecular formula is C18H26N6O. The van der Waals surface area contributed by atoms with Crippen molar-refractivity contribution < 1.29 is 4.79 Å². The van der Waals surface area contributed by atoms with Crippen LogP contribution in [0.4, 0.5) is 0 Å². The third-order valence-corrected chi connectivity index (χ3v) is 5.64. The second kappa shape index (κ2) is 7.09. The highest BCUT2D eigenvalue weighted by Gasteiger charge is 2.28. The number of hydrogen-bond donors (Lipinski definition) is 1. The Balaban J connectivity index is 1.32. The number of carbonyl (C=O) groups is 1. The number of hydrogen-bond acceptors (Lipinski definition) is 5. The number of likely N-dealkylation sites (tertiary alicyclic amines) is 2. The molecule has 2 saturated heterocycles. The van der Waals surface area contributed by atoms with Gasteiger partial charge < -0.3 is 15.1 Å². The number of piperidine rings is 2. The minimum absolute atomic E-state index is 0.0451. The summed E-state index contributed by atoms with van der Waals surface area (Å²) in [7, 11) is 2.20. The summed E-state index contributed by atoms with van der Waals surface area (Å²) in [6.45, 7) is 4.55. The first-order valence-electron chi connectivity index (χ1n) is 9.22. The van der Waals surface area contributed by atoms with E-state index < -0.39 is 0 Å². The monoisotopic (exact) mass is 342 g/mol. The van der Waals surface area contributed by atoms with Crippen LogP contribution in [0.1, 0.15) is 36.0 Å². The number of carbonyl (C=O) groups excluding carboxylic acids is 1. The smallest absolute Gasteiger partial charge is 0.255 e. The van der Waals surface area contributed by atoms with Crippen molar-refractivity contribution in [2.75, 3.05) is 33.2 Å². The van der Waals surface area contributed by atoms with Crippen LogP contribution in [0.15, 0.2) is 24.7 Å². The number of pyridine rings is 1. The summed E-state index contributed by atoms with van der Waals surface area (Å²) in [5, 5.41) is 11.1. The quantitative estimate of drug-likeness (QED) is 0.902.